The summed E-state index contributed by atoms with van der Waals surface area (Å²) in [6.45, 7) is 40.5. The maximum Gasteiger partial charge on any atom is 1.00 e. The van der Waals surface area contributed by atoms with Gasteiger partial charge in [-0.15, -0.1) is 19.7 Å². The third-order valence-electron chi connectivity index (χ3n) is 28.9. The van der Waals surface area contributed by atoms with Crippen LogP contribution in [0.4, 0.5) is 0 Å². The molecule has 2 aromatic carbocycles. The van der Waals surface area contributed by atoms with Gasteiger partial charge in [0.1, 0.15) is 42.3 Å². The Labute approximate surface area is 694 Å². The fraction of sp³-hybridized carbons (Fsp3) is 0.695. The molecule has 9 aliphatic carbocycles. The molecule has 0 aromatic heterocycles. The van der Waals surface area contributed by atoms with E-state index in [1.807, 2.05) is 77.1 Å². The van der Waals surface area contributed by atoms with E-state index in [0.29, 0.717) is 44.3 Å². The predicted octanol–water partition coefficient (Wildman–Crippen LogP) is 8.28. The zero-order valence-corrected chi connectivity index (χ0v) is 74.5. The van der Waals surface area contributed by atoms with Crippen molar-refractivity contribution in [2.24, 2.45) is 102 Å². The number of alkyl halides is 1. The molecule has 107 heavy (non-hydrogen) atoms. The van der Waals surface area contributed by atoms with Crippen LogP contribution in [0.15, 0.2) is 96.3 Å². The fourth-order valence-electron chi connectivity index (χ4n) is 21.7. The number of carbonyl (C=O) groups is 6. The summed E-state index contributed by atoms with van der Waals surface area (Å²) in [4.78, 5) is 77.3. The summed E-state index contributed by atoms with van der Waals surface area (Å²) in [7, 11) is -2.61. The van der Waals surface area contributed by atoms with Crippen molar-refractivity contribution in [3.05, 3.63) is 97.6 Å². The van der Waals surface area contributed by atoms with Crippen molar-refractivity contribution < 1.29 is 138 Å². The molecule has 0 spiro atoms. The molecule has 9 fully saturated rings. The molecule has 4 N–H and O–H groups in total. The van der Waals surface area contributed by atoms with Crippen LogP contribution in [0.5, 0.6) is 0 Å². The van der Waals surface area contributed by atoms with Crippen LogP contribution in [-0.2, 0) is 66.3 Å². The summed E-state index contributed by atoms with van der Waals surface area (Å²) < 4.78 is 69.8. The van der Waals surface area contributed by atoms with Gasteiger partial charge < -0.3 is 58.6 Å². The van der Waals surface area contributed by atoms with Crippen LogP contribution in [0, 0.1) is 127 Å². The minimum atomic E-state index is -4.15. The Balaban J connectivity index is 0.000000265. The van der Waals surface area contributed by atoms with Crippen LogP contribution in [0.1, 0.15) is 197 Å². The third-order valence-corrected chi connectivity index (χ3v) is 32.2. The molecule has 2 aromatic rings. The average molecular weight is 1780 g/mol. The summed E-state index contributed by atoms with van der Waals surface area (Å²) in [6, 6.07) is 14.3. The molecule has 0 saturated heterocycles. The van der Waals surface area contributed by atoms with E-state index in [0.717, 1.165) is 62.5 Å². The Hall–Kier alpha value is -2.98. The molecule has 0 radical (unpaired) electrons. The molecule has 0 unspecified atom stereocenters. The number of halogens is 3. The molecule has 25 heteroatoms. The van der Waals surface area contributed by atoms with Crippen molar-refractivity contribution >= 4 is 87.7 Å². The smallest absolute Gasteiger partial charge is 1.00 e. The first-order chi connectivity index (χ1) is 48.7. The number of esters is 3. The quantitative estimate of drug-likeness (QED) is 0.0214. The Morgan fingerprint density at radius 1 is 0.551 bits per heavy atom. The van der Waals surface area contributed by atoms with Crippen molar-refractivity contribution in [3.8, 4) is 6.07 Å². The molecule has 24 atom stereocenters. The molecule has 0 aliphatic heterocycles. The SMILES string of the molecule is C=C[C@]1(C)C[C@@H](OC(=O)CI)[C@]2(C)[C@H](C)CC[C@]3(CCC(=O)[C@H]32)[C@@H](C)[C@@H]1O.C=C[C@]1(C)C[C@@H](OC(=O)CO)[C@]2(C)[C@H](C)CC[C@]3(CCC(=O)[C@H]32)[C@@H](C)[C@@H]1O.C=C[C@]1(C)C[C@@H](OC(=O)COS(=O)(=O)c2ccc(C)cc2)[C@]2(C)[C@H](C)CC[C@]3(CCC(=O)[C@H]32)[C@@H](C)[C@@H]1O.CC#N.Cc1ccc(S(=O)(=O)Cl)cc1.[I-].[Na+]. The Kier molecular flexibility index (Phi) is 32.0. The van der Waals surface area contributed by atoms with Gasteiger partial charge in [-0.3, -0.25) is 23.4 Å². The number of Topliss-reactive ketones (excluding diaryl/α,β-unsaturated/α-hetero) is 3. The zero-order chi connectivity index (χ0) is 79.0. The molecule has 592 valence electrons. The minimum Gasteiger partial charge on any atom is -1.00 e. The number of benzene rings is 2. The zero-order valence-electron chi connectivity index (χ0n) is 65.8. The van der Waals surface area contributed by atoms with Gasteiger partial charge >= 0.3 is 47.5 Å². The predicted molar refractivity (Wildman–Crippen MR) is 410 cm³/mol. The van der Waals surface area contributed by atoms with Gasteiger partial charge in [-0.2, -0.15) is 13.7 Å². The van der Waals surface area contributed by atoms with E-state index in [1.54, 1.807) is 42.5 Å². The topological polar surface area (TPSA) is 312 Å². The van der Waals surface area contributed by atoms with Crippen LogP contribution in [0.2, 0.25) is 0 Å². The van der Waals surface area contributed by atoms with Gasteiger partial charge in [0, 0.05) is 87.1 Å². The van der Waals surface area contributed by atoms with Crippen molar-refractivity contribution in [3.63, 3.8) is 0 Å². The van der Waals surface area contributed by atoms with Crippen molar-refractivity contribution in [1.29, 1.82) is 5.26 Å². The number of aryl methyl sites for hydroxylation is 2. The van der Waals surface area contributed by atoms with E-state index in [4.69, 9.17) is 34.3 Å². The van der Waals surface area contributed by atoms with E-state index in [9.17, 15) is 66.0 Å². The molecule has 0 amide bonds. The second kappa shape index (κ2) is 36.2. The van der Waals surface area contributed by atoms with Crippen LogP contribution in [0.3, 0.4) is 0 Å². The number of hydrogen-bond donors (Lipinski definition) is 4. The molecule has 19 nitrogen and oxygen atoms in total. The first-order valence-electron chi connectivity index (χ1n) is 37.3. The van der Waals surface area contributed by atoms with Gasteiger partial charge in [0.15, 0.2) is 6.61 Å². The number of ketones is 3. The van der Waals surface area contributed by atoms with Crippen LogP contribution >= 0.6 is 33.3 Å². The van der Waals surface area contributed by atoms with Gasteiger partial charge in [-0.25, -0.2) is 18.0 Å². The molecule has 6 bridgehead atoms. The standard InChI is InChI=1S/C29H40O7S.C22H33IO4.C22H34O5.C7H7ClO2S.C2H3N.HI.Na/c1-7-27(5)16-23(36-24(31)17-35-37(33,34)21-10-8-18(2)9-11-21)28(6)19(3)12-14-29(20(4)26(27)32)15-13-22(30)25(28)29;2*1-6-20(4)11-16(27-17(25)12-23)21(5)13(2)7-9-22(14(3)19(20)26)10-8-15(24)18(21)22;1-6-2-4-7(5-3-6)11(8,9)10;1-2-3;;/h7-11,19-20,23,25-26,32H,1,12-17H2,2-6H3;6,13-14,16,18-19,26H,1,7-12H2,2-5H3;6,13-14,16,18-19,23,26H,1,7-12H2,2-5H3;2-5H,1H3;1H3;1H;/q;;;;;;+1/p-1/t19-,20+,23-,25+,26+,27-,28+,29+;2*13-,14+,16-,18+,19+,20-,21+,22+;;;;/m111..../s1. The Morgan fingerprint density at radius 3 is 1.10 bits per heavy atom. The monoisotopic (exact) mass is 1780 g/mol. The first-order valence-corrected chi connectivity index (χ1v) is 42.6. The average Bonchev–Trinajstić information content (AvgIpc) is 1.64. The van der Waals surface area contributed by atoms with Gasteiger partial charge in [-0.1, -0.05) is 159 Å². The molecule has 0 heterocycles. The van der Waals surface area contributed by atoms with E-state index < -0.39 is 113 Å². The third kappa shape index (κ3) is 17.8. The molecule has 9 aliphatic rings. The van der Waals surface area contributed by atoms with Crippen molar-refractivity contribution in [1.82, 2.24) is 0 Å². The first kappa shape index (κ1) is 94.6. The van der Waals surface area contributed by atoms with Gasteiger partial charge in [0.25, 0.3) is 19.2 Å². The van der Waals surface area contributed by atoms with Gasteiger partial charge in [-0.05, 0) is 167 Å². The Bertz CT molecular complexity index is 3750. The molecule has 11 rings (SSSR count). The largest absolute Gasteiger partial charge is 1.00 e. The molecular formula is C82H117ClI2NNaO18S2. The summed E-state index contributed by atoms with van der Waals surface area (Å²) in [6.07, 6.45) is 12.2. The van der Waals surface area contributed by atoms with Crippen molar-refractivity contribution in [2.45, 2.75) is 247 Å². The maximum absolute atomic E-state index is 13.4. The second-order valence-electron chi connectivity index (χ2n) is 34.0. The number of aliphatic hydroxyl groups excluding tert-OH is 4. The summed E-state index contributed by atoms with van der Waals surface area (Å²) in [5.41, 5.74) is -2.51. The fourth-order valence-corrected chi connectivity index (χ4v) is 23.5. The number of ether oxygens (including phenoxy) is 3. The number of carbonyl (C=O) groups excluding carboxylic acids is 6. The minimum absolute atomic E-state index is 0. The van der Waals surface area contributed by atoms with E-state index in [2.05, 4.69) is 68.2 Å². The van der Waals surface area contributed by atoms with E-state index in [1.165, 1.54) is 31.2 Å². The van der Waals surface area contributed by atoms with Gasteiger partial charge in [0.2, 0.25) is 0 Å². The summed E-state index contributed by atoms with van der Waals surface area (Å²) in [5, 5.41) is 50.9. The second-order valence-corrected chi connectivity index (χ2v) is 38.9. The number of nitriles is 1. The number of aliphatic hydroxyl groups is 4. The van der Waals surface area contributed by atoms with Crippen LogP contribution in [-0.4, -0.2) is 127 Å². The van der Waals surface area contributed by atoms with Crippen LogP contribution in [0.25, 0.3) is 0 Å². The van der Waals surface area contributed by atoms with Crippen LogP contribution < -0.4 is 53.5 Å². The van der Waals surface area contributed by atoms with E-state index >= 15 is 0 Å². The normalized spacial score (nSPS) is 40.1. The van der Waals surface area contributed by atoms with E-state index in [-0.39, 0.29) is 161 Å². The summed E-state index contributed by atoms with van der Waals surface area (Å²) >= 11 is 2.02. The molecule has 9 saturated carbocycles. The van der Waals surface area contributed by atoms with Gasteiger partial charge in [0.05, 0.1) is 38.6 Å². The summed E-state index contributed by atoms with van der Waals surface area (Å²) in [5.74, 6) is -1.39. The number of rotatable bonds is 13. The number of nitrogens with zero attached hydrogens (tertiary/aromatic N) is 1. The van der Waals surface area contributed by atoms with Crippen molar-refractivity contribution in [2.75, 3.05) is 17.6 Å². The molecular weight excluding hydrogens is 1660 g/mol. The Morgan fingerprint density at radius 2 is 0.832 bits per heavy atom. The number of hydrogen-bond acceptors (Lipinski definition) is 19. The maximum atomic E-state index is 13.4.